The topological polar surface area (TPSA) is 89.8 Å². The highest BCUT2D eigenvalue weighted by molar-refractivity contribution is 5.98. The van der Waals surface area contributed by atoms with Crippen molar-refractivity contribution in [2.75, 3.05) is 13.7 Å². The monoisotopic (exact) mass is 360 g/mol. The lowest BCUT2D eigenvalue weighted by molar-refractivity contribution is -0.122. The van der Waals surface area contributed by atoms with Crippen LogP contribution < -0.4 is 20.1 Å². The van der Waals surface area contributed by atoms with Gasteiger partial charge in [0.1, 0.15) is 35.7 Å². The lowest BCUT2D eigenvalue weighted by Gasteiger charge is -2.12. The fourth-order valence-corrected chi connectivity index (χ4v) is 2.33. The number of methoxy groups -OCH3 is 1. The molecule has 0 saturated heterocycles. The van der Waals surface area contributed by atoms with E-state index in [1.807, 2.05) is 6.92 Å². The molecule has 1 aromatic carbocycles. The summed E-state index contributed by atoms with van der Waals surface area (Å²) in [6.07, 6.45) is 0. The van der Waals surface area contributed by atoms with Gasteiger partial charge in [-0.15, -0.1) is 0 Å². The first-order valence-corrected chi connectivity index (χ1v) is 8.39. The van der Waals surface area contributed by atoms with Gasteiger partial charge in [-0.3, -0.25) is 9.59 Å². The predicted molar refractivity (Wildman–Crippen MR) is 96.4 cm³/mol. The molecule has 0 aliphatic heterocycles. The van der Waals surface area contributed by atoms with Crippen LogP contribution in [0, 0.1) is 6.92 Å². The van der Waals surface area contributed by atoms with E-state index in [9.17, 15) is 9.59 Å². The van der Waals surface area contributed by atoms with Gasteiger partial charge in [-0.25, -0.2) is 0 Å². The SMILES string of the molecule is CCNC(=O)[C@@H](C)NC(=O)c1cc(COc2ccc(OC)cc2)oc1C. The molecule has 1 heterocycles. The van der Waals surface area contributed by atoms with E-state index in [2.05, 4.69) is 10.6 Å². The molecule has 26 heavy (non-hydrogen) atoms. The number of hydrogen-bond donors (Lipinski definition) is 2. The Bertz CT molecular complexity index is 752. The third-order valence-corrected chi connectivity index (χ3v) is 3.75. The number of amides is 2. The second kappa shape index (κ2) is 8.94. The molecule has 0 spiro atoms. The molecule has 0 unspecified atom stereocenters. The molecule has 1 aromatic heterocycles. The molecule has 0 aliphatic rings. The van der Waals surface area contributed by atoms with Gasteiger partial charge in [0, 0.05) is 6.54 Å². The number of hydrogen-bond acceptors (Lipinski definition) is 5. The third-order valence-electron chi connectivity index (χ3n) is 3.75. The fraction of sp³-hybridized carbons (Fsp3) is 0.368. The van der Waals surface area contributed by atoms with E-state index >= 15 is 0 Å². The molecule has 1 atom stereocenters. The second-order valence-electron chi connectivity index (χ2n) is 5.74. The minimum Gasteiger partial charge on any atom is -0.497 e. The van der Waals surface area contributed by atoms with Crippen LogP contribution in [0.25, 0.3) is 0 Å². The number of benzene rings is 1. The van der Waals surface area contributed by atoms with Gasteiger partial charge < -0.3 is 24.5 Å². The van der Waals surface area contributed by atoms with Crippen molar-refractivity contribution in [1.82, 2.24) is 10.6 Å². The number of rotatable bonds is 8. The van der Waals surface area contributed by atoms with Crippen LogP contribution >= 0.6 is 0 Å². The first-order chi connectivity index (χ1) is 12.4. The van der Waals surface area contributed by atoms with Gasteiger partial charge in [-0.2, -0.15) is 0 Å². The Hall–Kier alpha value is -2.96. The van der Waals surface area contributed by atoms with Crippen LogP contribution in [0.3, 0.4) is 0 Å². The largest absolute Gasteiger partial charge is 0.497 e. The average Bonchev–Trinajstić information content (AvgIpc) is 3.01. The van der Waals surface area contributed by atoms with Gasteiger partial charge in [-0.05, 0) is 51.1 Å². The average molecular weight is 360 g/mol. The maximum atomic E-state index is 12.3. The van der Waals surface area contributed by atoms with Crippen LogP contribution in [0.2, 0.25) is 0 Å². The normalized spacial score (nSPS) is 11.5. The maximum absolute atomic E-state index is 12.3. The smallest absolute Gasteiger partial charge is 0.255 e. The Balaban J connectivity index is 1.96. The molecular weight excluding hydrogens is 336 g/mol. The standard InChI is InChI=1S/C19H24N2O5/c1-5-20-18(22)12(2)21-19(23)17-10-16(26-13(17)3)11-25-15-8-6-14(24-4)7-9-15/h6-10,12H,5,11H2,1-4H3,(H,20,22)(H,21,23)/t12-/m1/s1. The van der Waals surface area contributed by atoms with E-state index < -0.39 is 6.04 Å². The number of nitrogens with one attached hydrogen (secondary N) is 2. The summed E-state index contributed by atoms with van der Waals surface area (Å²) in [7, 11) is 1.60. The quantitative estimate of drug-likeness (QED) is 0.755. The van der Waals surface area contributed by atoms with E-state index in [4.69, 9.17) is 13.9 Å². The number of carbonyl (C=O) groups is 2. The van der Waals surface area contributed by atoms with Crippen molar-refractivity contribution in [3.05, 3.63) is 47.4 Å². The molecule has 0 saturated carbocycles. The van der Waals surface area contributed by atoms with E-state index in [0.717, 1.165) is 5.75 Å². The highest BCUT2D eigenvalue weighted by Gasteiger charge is 2.20. The number of ether oxygens (including phenoxy) is 2. The Morgan fingerprint density at radius 3 is 2.46 bits per heavy atom. The number of likely N-dealkylation sites (N-methyl/N-ethyl adjacent to an activating group) is 1. The predicted octanol–water partition coefficient (Wildman–Crippen LogP) is 2.43. The van der Waals surface area contributed by atoms with Gasteiger partial charge in [0.05, 0.1) is 12.7 Å². The van der Waals surface area contributed by atoms with Crippen LogP contribution in [0.1, 0.15) is 35.7 Å². The van der Waals surface area contributed by atoms with Crippen molar-refractivity contribution in [3.8, 4) is 11.5 Å². The van der Waals surface area contributed by atoms with Crippen molar-refractivity contribution in [3.63, 3.8) is 0 Å². The summed E-state index contributed by atoms with van der Waals surface area (Å²) in [5.41, 5.74) is 0.384. The van der Waals surface area contributed by atoms with Crippen LogP contribution in [0.15, 0.2) is 34.7 Å². The van der Waals surface area contributed by atoms with Gasteiger partial charge in [0.2, 0.25) is 5.91 Å². The summed E-state index contributed by atoms with van der Waals surface area (Å²) in [6.45, 7) is 5.85. The summed E-state index contributed by atoms with van der Waals surface area (Å²) < 4.78 is 16.3. The number of furan rings is 1. The second-order valence-corrected chi connectivity index (χ2v) is 5.74. The zero-order valence-electron chi connectivity index (χ0n) is 15.4. The Labute approximate surface area is 152 Å². The minimum absolute atomic E-state index is 0.187. The van der Waals surface area contributed by atoms with Crippen molar-refractivity contribution in [1.29, 1.82) is 0 Å². The zero-order chi connectivity index (χ0) is 19.1. The van der Waals surface area contributed by atoms with Crippen molar-refractivity contribution >= 4 is 11.8 Å². The molecule has 0 radical (unpaired) electrons. The lowest BCUT2D eigenvalue weighted by atomic mass is 10.2. The van der Waals surface area contributed by atoms with Gasteiger partial charge in [0.15, 0.2) is 0 Å². The minimum atomic E-state index is -0.629. The molecule has 7 heteroatoms. The van der Waals surface area contributed by atoms with E-state index in [1.165, 1.54) is 0 Å². The zero-order valence-corrected chi connectivity index (χ0v) is 15.4. The van der Waals surface area contributed by atoms with E-state index in [0.29, 0.717) is 29.4 Å². The third kappa shape index (κ3) is 5.02. The number of carbonyl (C=O) groups excluding carboxylic acids is 2. The van der Waals surface area contributed by atoms with Crippen molar-refractivity contribution in [2.24, 2.45) is 0 Å². The van der Waals surface area contributed by atoms with Crippen LogP contribution in [0.5, 0.6) is 11.5 Å². The van der Waals surface area contributed by atoms with Gasteiger partial charge in [-0.1, -0.05) is 0 Å². The molecule has 0 aliphatic carbocycles. The maximum Gasteiger partial charge on any atom is 0.255 e. The highest BCUT2D eigenvalue weighted by atomic mass is 16.5. The number of aryl methyl sites for hydroxylation is 1. The Kier molecular flexibility index (Phi) is 6.66. The van der Waals surface area contributed by atoms with Crippen molar-refractivity contribution < 1.29 is 23.5 Å². The summed E-state index contributed by atoms with van der Waals surface area (Å²) >= 11 is 0. The van der Waals surface area contributed by atoms with Crippen molar-refractivity contribution in [2.45, 2.75) is 33.4 Å². The first-order valence-electron chi connectivity index (χ1n) is 8.39. The fourth-order valence-electron chi connectivity index (χ4n) is 2.33. The van der Waals surface area contributed by atoms with E-state index in [-0.39, 0.29) is 18.4 Å². The van der Waals surface area contributed by atoms with Crippen LogP contribution in [-0.4, -0.2) is 31.5 Å². The highest BCUT2D eigenvalue weighted by Crippen LogP contribution is 2.20. The molecular formula is C19H24N2O5. The molecule has 0 fully saturated rings. The molecule has 0 bridgehead atoms. The molecule has 2 aromatic rings. The molecule has 2 N–H and O–H groups in total. The Morgan fingerprint density at radius 2 is 1.85 bits per heavy atom. The first kappa shape index (κ1) is 19.4. The summed E-state index contributed by atoms with van der Waals surface area (Å²) in [6, 6.07) is 8.16. The molecule has 140 valence electrons. The molecule has 7 nitrogen and oxygen atoms in total. The van der Waals surface area contributed by atoms with E-state index in [1.54, 1.807) is 51.3 Å². The molecule has 2 rings (SSSR count). The molecule has 2 amide bonds. The van der Waals surface area contributed by atoms with Crippen LogP contribution in [-0.2, 0) is 11.4 Å². The van der Waals surface area contributed by atoms with Gasteiger partial charge in [0.25, 0.3) is 5.91 Å². The van der Waals surface area contributed by atoms with Crippen LogP contribution in [0.4, 0.5) is 0 Å². The summed E-state index contributed by atoms with van der Waals surface area (Å²) in [4.78, 5) is 24.1. The summed E-state index contributed by atoms with van der Waals surface area (Å²) in [5.74, 6) is 1.81. The Morgan fingerprint density at radius 1 is 1.19 bits per heavy atom. The lowest BCUT2D eigenvalue weighted by Crippen LogP contribution is -2.44. The summed E-state index contributed by atoms with van der Waals surface area (Å²) in [5, 5.41) is 5.32. The van der Waals surface area contributed by atoms with Gasteiger partial charge >= 0.3 is 0 Å².